The molecule has 0 saturated heterocycles. The number of aliphatic hydroxyl groups excluding tert-OH is 1. The highest BCUT2D eigenvalue weighted by Gasteiger charge is 2.17. The molecule has 0 aliphatic heterocycles. The van der Waals surface area contributed by atoms with E-state index in [-0.39, 0.29) is 6.10 Å². The number of aromatic nitrogens is 3. The van der Waals surface area contributed by atoms with Gasteiger partial charge in [-0.15, -0.1) is 5.10 Å². The maximum absolute atomic E-state index is 9.95. The quantitative estimate of drug-likeness (QED) is 0.546. The Kier molecular flexibility index (Phi) is 6.71. The lowest BCUT2D eigenvalue weighted by Gasteiger charge is -2.13. The highest BCUT2D eigenvalue weighted by atomic mass is 16.5. The molecule has 0 saturated carbocycles. The lowest BCUT2D eigenvalue weighted by Crippen LogP contribution is -2.19. The van der Waals surface area contributed by atoms with E-state index in [1.54, 1.807) is 10.9 Å². The molecule has 0 bridgehead atoms. The van der Waals surface area contributed by atoms with Crippen molar-refractivity contribution in [3.05, 3.63) is 42.7 Å². The minimum atomic E-state index is -0.366. The highest BCUT2D eigenvalue weighted by Crippen LogP contribution is 2.25. The molecule has 0 spiro atoms. The Morgan fingerprint density at radius 3 is 2.82 bits per heavy atom. The number of nitrogens with zero attached hydrogens (tertiary/aromatic N) is 3. The lowest BCUT2D eigenvalue weighted by atomic mass is 10.2. The summed E-state index contributed by atoms with van der Waals surface area (Å²) in [5, 5.41) is 17.7. The van der Waals surface area contributed by atoms with E-state index < -0.39 is 0 Å². The van der Waals surface area contributed by atoms with E-state index in [0.29, 0.717) is 36.7 Å². The second-order valence-corrected chi connectivity index (χ2v) is 7.19. The minimum Gasteiger partial charge on any atom is -0.462 e. The number of rotatable bonds is 10. The maximum Gasteiger partial charge on any atom is 0.336 e. The zero-order chi connectivity index (χ0) is 19.9. The fourth-order valence-electron chi connectivity index (χ4n) is 2.76. The van der Waals surface area contributed by atoms with Crippen LogP contribution in [0.4, 0.5) is 5.69 Å². The van der Waals surface area contributed by atoms with E-state index in [0.717, 1.165) is 24.2 Å². The molecule has 3 rings (SSSR count). The van der Waals surface area contributed by atoms with Crippen LogP contribution in [-0.4, -0.2) is 39.1 Å². The van der Waals surface area contributed by atoms with E-state index in [9.17, 15) is 5.11 Å². The van der Waals surface area contributed by atoms with Gasteiger partial charge in [0.05, 0.1) is 24.7 Å². The van der Waals surface area contributed by atoms with Gasteiger partial charge in [-0.1, -0.05) is 33.3 Å². The van der Waals surface area contributed by atoms with Crippen LogP contribution in [-0.2, 0) is 0 Å². The van der Waals surface area contributed by atoms with Crippen molar-refractivity contribution in [3.8, 4) is 23.3 Å². The number of aliphatic hydroxyl groups is 1. The number of anilines is 1. The van der Waals surface area contributed by atoms with Crippen LogP contribution in [0.25, 0.3) is 17.3 Å². The molecule has 0 fully saturated rings. The van der Waals surface area contributed by atoms with Gasteiger partial charge in [-0.2, -0.15) is 4.98 Å². The van der Waals surface area contributed by atoms with Crippen molar-refractivity contribution >= 4 is 5.69 Å². The Balaban J connectivity index is 1.86. The van der Waals surface area contributed by atoms with E-state index in [1.807, 2.05) is 36.4 Å². The Bertz CT molecular complexity index is 858. The van der Waals surface area contributed by atoms with Crippen LogP contribution in [0.3, 0.4) is 0 Å². The molecule has 0 amide bonds. The van der Waals surface area contributed by atoms with Crippen molar-refractivity contribution in [3.63, 3.8) is 0 Å². The van der Waals surface area contributed by atoms with Crippen molar-refractivity contribution in [1.82, 2.24) is 14.8 Å². The molecule has 2 N–H and O–H groups in total. The molecule has 0 aliphatic carbocycles. The van der Waals surface area contributed by atoms with Crippen molar-refractivity contribution in [2.75, 3.05) is 18.5 Å². The summed E-state index contributed by atoms with van der Waals surface area (Å²) in [5.74, 6) is 1.57. The van der Waals surface area contributed by atoms with E-state index in [2.05, 4.69) is 36.2 Å². The minimum absolute atomic E-state index is 0.317. The van der Waals surface area contributed by atoms with Crippen molar-refractivity contribution in [2.45, 2.75) is 39.7 Å². The summed E-state index contributed by atoms with van der Waals surface area (Å²) in [6, 6.07) is 11.8. The molecule has 3 aromatic rings. The number of benzene rings is 1. The number of hydrogen-bond acceptors (Lipinski definition) is 6. The number of furan rings is 1. The number of ether oxygens (including phenoxy) is 1. The first-order valence-electron chi connectivity index (χ1n) is 9.73. The third kappa shape index (κ3) is 5.13. The first-order valence-corrected chi connectivity index (χ1v) is 9.73. The number of nitrogens with one attached hydrogen (secondary N) is 1. The monoisotopic (exact) mass is 384 g/mol. The Morgan fingerprint density at radius 2 is 2.11 bits per heavy atom. The molecule has 150 valence electrons. The smallest absolute Gasteiger partial charge is 0.336 e. The molecule has 28 heavy (non-hydrogen) atoms. The van der Waals surface area contributed by atoms with E-state index >= 15 is 0 Å². The van der Waals surface area contributed by atoms with Crippen molar-refractivity contribution < 1.29 is 14.3 Å². The third-order valence-electron chi connectivity index (χ3n) is 4.13. The molecule has 1 atom stereocenters. The van der Waals surface area contributed by atoms with E-state index in [1.165, 1.54) is 0 Å². The molecule has 7 nitrogen and oxygen atoms in total. The van der Waals surface area contributed by atoms with Gasteiger partial charge < -0.3 is 19.6 Å². The molecule has 2 heterocycles. The van der Waals surface area contributed by atoms with Crippen LogP contribution in [0.1, 0.15) is 33.6 Å². The van der Waals surface area contributed by atoms with Gasteiger partial charge in [0, 0.05) is 12.2 Å². The van der Waals surface area contributed by atoms with Gasteiger partial charge in [0.25, 0.3) is 0 Å². The summed E-state index contributed by atoms with van der Waals surface area (Å²) in [7, 11) is 0. The fraction of sp³-hybridized carbons (Fsp3) is 0.429. The SMILES string of the molecule is CCCC(O)CNc1cccc(-n2nc(OCC(C)C)nc2-c2ccco2)c1. The summed E-state index contributed by atoms with van der Waals surface area (Å²) in [6.45, 7) is 7.25. The summed E-state index contributed by atoms with van der Waals surface area (Å²) >= 11 is 0. The average Bonchev–Trinajstić information content (AvgIpc) is 3.35. The Hall–Kier alpha value is -2.80. The average molecular weight is 384 g/mol. The van der Waals surface area contributed by atoms with Crippen LogP contribution in [0, 0.1) is 5.92 Å². The van der Waals surface area contributed by atoms with Gasteiger partial charge in [0.1, 0.15) is 0 Å². The van der Waals surface area contributed by atoms with Gasteiger partial charge >= 0.3 is 6.01 Å². The van der Waals surface area contributed by atoms with Crippen LogP contribution in [0.2, 0.25) is 0 Å². The topological polar surface area (TPSA) is 85.3 Å². The van der Waals surface area contributed by atoms with Crippen molar-refractivity contribution in [2.24, 2.45) is 5.92 Å². The molecule has 2 aromatic heterocycles. The Morgan fingerprint density at radius 1 is 1.25 bits per heavy atom. The third-order valence-corrected chi connectivity index (χ3v) is 4.13. The predicted molar refractivity (Wildman–Crippen MR) is 109 cm³/mol. The summed E-state index contributed by atoms with van der Waals surface area (Å²) in [6.07, 6.45) is 2.97. The first-order chi connectivity index (χ1) is 13.6. The maximum atomic E-state index is 9.95. The van der Waals surface area contributed by atoms with Crippen LogP contribution in [0.15, 0.2) is 47.1 Å². The lowest BCUT2D eigenvalue weighted by molar-refractivity contribution is 0.176. The molecule has 7 heteroatoms. The Labute approximate surface area is 165 Å². The second kappa shape index (κ2) is 9.41. The van der Waals surface area contributed by atoms with Crippen LogP contribution < -0.4 is 10.1 Å². The van der Waals surface area contributed by atoms with Crippen LogP contribution in [0.5, 0.6) is 6.01 Å². The highest BCUT2D eigenvalue weighted by molar-refractivity contribution is 5.56. The van der Waals surface area contributed by atoms with Gasteiger partial charge in [0.2, 0.25) is 5.82 Å². The molecule has 1 unspecified atom stereocenters. The molecular weight excluding hydrogens is 356 g/mol. The molecule has 1 aromatic carbocycles. The largest absolute Gasteiger partial charge is 0.462 e. The molecule has 0 radical (unpaired) electrons. The first kappa shape index (κ1) is 19.9. The standard InChI is InChI=1S/C21H28N4O3/c1-4-7-18(26)13-22-16-8-5-9-17(12-16)25-20(19-10-6-11-27-19)23-21(24-25)28-14-15(2)3/h5-6,8-12,15,18,22,26H,4,7,13-14H2,1-3H3. The van der Waals surface area contributed by atoms with Crippen LogP contribution >= 0.6 is 0 Å². The predicted octanol–water partition coefficient (Wildman–Crippen LogP) is 4.14. The van der Waals surface area contributed by atoms with Gasteiger partial charge in [-0.05, 0) is 42.7 Å². The van der Waals surface area contributed by atoms with Gasteiger partial charge in [0.15, 0.2) is 5.76 Å². The second-order valence-electron chi connectivity index (χ2n) is 7.19. The van der Waals surface area contributed by atoms with Gasteiger partial charge in [-0.3, -0.25) is 0 Å². The van der Waals surface area contributed by atoms with Crippen molar-refractivity contribution in [1.29, 1.82) is 0 Å². The van der Waals surface area contributed by atoms with Gasteiger partial charge in [-0.25, -0.2) is 4.68 Å². The molecular formula is C21H28N4O3. The number of hydrogen-bond donors (Lipinski definition) is 2. The summed E-state index contributed by atoms with van der Waals surface area (Å²) in [4.78, 5) is 4.50. The van der Waals surface area contributed by atoms with E-state index in [4.69, 9.17) is 9.15 Å². The normalized spacial score (nSPS) is 12.3. The summed E-state index contributed by atoms with van der Waals surface area (Å²) < 4.78 is 13.0. The summed E-state index contributed by atoms with van der Waals surface area (Å²) in [5.41, 5.74) is 1.73. The molecule has 0 aliphatic rings. The zero-order valence-corrected chi connectivity index (χ0v) is 16.6. The zero-order valence-electron chi connectivity index (χ0n) is 16.6. The fourth-order valence-corrected chi connectivity index (χ4v) is 2.76.